The van der Waals surface area contributed by atoms with Crippen molar-refractivity contribution in [3.8, 4) is 0 Å². The van der Waals surface area contributed by atoms with E-state index in [0.717, 1.165) is 11.0 Å². The van der Waals surface area contributed by atoms with Crippen LogP contribution in [0.1, 0.15) is 12.8 Å². The highest BCUT2D eigenvalue weighted by molar-refractivity contribution is 8.02. The van der Waals surface area contributed by atoms with E-state index >= 15 is 0 Å². The monoisotopic (exact) mass is 509 g/mol. The first-order chi connectivity index (χ1) is 17.5. The van der Waals surface area contributed by atoms with E-state index in [0.29, 0.717) is 19.4 Å². The van der Waals surface area contributed by atoms with Crippen LogP contribution in [0.2, 0.25) is 0 Å². The molecule has 0 aliphatic carbocycles. The molecule has 2 saturated heterocycles. The van der Waals surface area contributed by atoms with Gasteiger partial charge in [-0.2, -0.15) is 0 Å². The van der Waals surface area contributed by atoms with E-state index in [9.17, 15) is 19.5 Å². The number of cyclic esters (lactones) is 1. The van der Waals surface area contributed by atoms with Crippen LogP contribution in [0, 0.1) is 11.8 Å². The van der Waals surface area contributed by atoms with Crippen LogP contribution in [-0.2, 0) is 25.8 Å². The van der Waals surface area contributed by atoms with Crippen molar-refractivity contribution in [1.29, 1.82) is 0 Å². The maximum Gasteiger partial charge on any atom is 0.311 e. The van der Waals surface area contributed by atoms with E-state index in [1.165, 1.54) is 11.8 Å². The lowest BCUT2D eigenvalue weighted by Crippen LogP contribution is -2.53. The van der Waals surface area contributed by atoms with Crippen molar-refractivity contribution in [2.75, 3.05) is 26.3 Å². The topological polar surface area (TPSA) is 118 Å². The normalized spacial score (nSPS) is 31.6. The molecule has 2 fully saturated rings. The van der Waals surface area contributed by atoms with Crippen LogP contribution in [0.4, 0.5) is 0 Å². The molecule has 4 aliphatic heterocycles. The summed E-state index contributed by atoms with van der Waals surface area (Å²) >= 11 is 1.51. The molecule has 6 rings (SSSR count). The summed E-state index contributed by atoms with van der Waals surface area (Å²) in [5.41, 5.74) is 1.55. The van der Waals surface area contributed by atoms with Gasteiger partial charge in [0.15, 0.2) is 0 Å². The predicted molar refractivity (Wildman–Crippen MR) is 131 cm³/mol. The highest BCUT2D eigenvalue weighted by atomic mass is 32.2. The second-order valence-corrected chi connectivity index (χ2v) is 11.0. The van der Waals surface area contributed by atoms with Gasteiger partial charge in [0, 0.05) is 24.9 Å². The van der Waals surface area contributed by atoms with Crippen molar-refractivity contribution >= 4 is 40.6 Å². The quantitative estimate of drug-likeness (QED) is 0.468. The molecule has 5 atom stereocenters. The van der Waals surface area contributed by atoms with Gasteiger partial charge in [0.2, 0.25) is 11.8 Å². The molecule has 0 radical (unpaired) electrons. The number of para-hydroxylation sites is 1. The fourth-order valence-corrected chi connectivity index (χ4v) is 7.95. The van der Waals surface area contributed by atoms with Crippen LogP contribution in [0.3, 0.4) is 0 Å². The fourth-order valence-electron chi connectivity index (χ4n) is 5.95. The molecule has 10 nitrogen and oxygen atoms in total. The molecule has 2 amide bonds. The molecule has 1 N–H and O–H groups in total. The fraction of sp³-hybridized carbons (Fsp3) is 0.480. The summed E-state index contributed by atoms with van der Waals surface area (Å²) < 4.78 is 6.27. The smallest absolute Gasteiger partial charge is 0.311 e. The molecule has 0 saturated carbocycles. The van der Waals surface area contributed by atoms with Crippen LogP contribution in [0.25, 0.3) is 11.0 Å². The number of benzene rings is 1. The largest absolute Gasteiger partial charge is 0.465 e. The number of thioether (sulfide) groups is 1. The molecule has 4 aliphatic rings. The molecule has 11 heteroatoms. The molecule has 0 bridgehead atoms. The first kappa shape index (κ1) is 23.2. The second-order valence-electron chi connectivity index (χ2n) is 9.52. The Kier molecular flexibility index (Phi) is 5.83. The van der Waals surface area contributed by atoms with Crippen LogP contribution in [-0.4, -0.2) is 90.0 Å². The van der Waals surface area contributed by atoms with Crippen LogP contribution in [0.15, 0.2) is 48.6 Å². The molecule has 36 heavy (non-hydrogen) atoms. The number of nitrogens with zero attached hydrogens (tertiary/aromatic N) is 5. The maximum atomic E-state index is 14.2. The Morgan fingerprint density at radius 1 is 1.17 bits per heavy atom. The second kappa shape index (κ2) is 9.04. The van der Waals surface area contributed by atoms with Crippen molar-refractivity contribution in [3.63, 3.8) is 0 Å². The molecule has 188 valence electrons. The first-order valence-corrected chi connectivity index (χ1v) is 13.1. The van der Waals surface area contributed by atoms with Crippen LogP contribution < -0.4 is 0 Å². The van der Waals surface area contributed by atoms with Gasteiger partial charge in [0.25, 0.3) is 0 Å². The minimum absolute atomic E-state index is 0.100. The van der Waals surface area contributed by atoms with Crippen molar-refractivity contribution in [2.45, 2.75) is 35.5 Å². The van der Waals surface area contributed by atoms with E-state index in [1.54, 1.807) is 14.5 Å². The Morgan fingerprint density at radius 3 is 2.89 bits per heavy atom. The first-order valence-electron chi connectivity index (χ1n) is 12.2. The average Bonchev–Trinajstić information content (AvgIpc) is 3.45. The third-order valence-corrected chi connectivity index (χ3v) is 9.23. The Morgan fingerprint density at radius 2 is 2.03 bits per heavy atom. The lowest BCUT2D eigenvalue weighted by molar-refractivity contribution is -0.153. The van der Waals surface area contributed by atoms with E-state index in [2.05, 4.69) is 10.3 Å². The molecule has 1 unspecified atom stereocenters. The van der Waals surface area contributed by atoms with Crippen LogP contribution >= 0.6 is 11.8 Å². The molecule has 1 aromatic carbocycles. The minimum Gasteiger partial charge on any atom is -0.465 e. The Hall–Kier alpha value is -3.18. The van der Waals surface area contributed by atoms with E-state index in [4.69, 9.17) is 4.74 Å². The van der Waals surface area contributed by atoms with Gasteiger partial charge >= 0.3 is 5.97 Å². The molecule has 5 heterocycles. The predicted octanol–water partition coefficient (Wildman–Crippen LogP) is 0.970. The number of carbonyl (C=O) groups excluding carboxylic acids is 3. The number of rotatable bonds is 5. The van der Waals surface area contributed by atoms with E-state index in [1.807, 2.05) is 48.6 Å². The summed E-state index contributed by atoms with van der Waals surface area (Å²) in [5, 5.41) is 17.7. The van der Waals surface area contributed by atoms with Gasteiger partial charge < -0.3 is 19.6 Å². The molecule has 1 aromatic heterocycles. The van der Waals surface area contributed by atoms with Gasteiger partial charge in [0.1, 0.15) is 18.2 Å². The zero-order valence-electron chi connectivity index (χ0n) is 19.6. The lowest BCUT2D eigenvalue weighted by Gasteiger charge is -2.35. The van der Waals surface area contributed by atoms with Gasteiger partial charge in [0.05, 0.1) is 28.7 Å². The summed E-state index contributed by atoms with van der Waals surface area (Å²) in [6.45, 7) is 0.944. The number of aromatic nitrogens is 3. The summed E-state index contributed by atoms with van der Waals surface area (Å²) in [6.07, 6.45) is 8.84. The van der Waals surface area contributed by atoms with Crippen LogP contribution in [0.5, 0.6) is 0 Å². The number of carbonyl (C=O) groups is 3. The average molecular weight is 510 g/mol. The molecular formula is C25H27N5O5S. The number of aliphatic hydroxyl groups excluding tert-OH is 1. The van der Waals surface area contributed by atoms with Crippen molar-refractivity contribution in [3.05, 3.63) is 48.6 Å². The third-order valence-electron chi connectivity index (χ3n) is 7.49. The Bertz CT molecular complexity index is 1280. The summed E-state index contributed by atoms with van der Waals surface area (Å²) in [7, 11) is 0. The number of ether oxygens (including phenoxy) is 1. The summed E-state index contributed by atoms with van der Waals surface area (Å²) in [5.74, 6) is -2.19. The standard InChI is InChI=1S/C25H27N5O5S/c31-13-6-12-29-21-23(33)28(15-30-17-8-2-1-7-16(17)26-27-30)11-5-10-25(21)20(22(29)32)19-18(36-25)9-3-4-14-35-24(19)34/h1-3,5,7-10,18-21,31H,4,6,11-15H2/t18-,19+,20-,21?,25-/m0/s1. The summed E-state index contributed by atoms with van der Waals surface area (Å²) in [6, 6.07) is 6.75. The number of amides is 2. The highest BCUT2D eigenvalue weighted by Crippen LogP contribution is 2.60. The van der Waals surface area contributed by atoms with Crippen molar-refractivity contribution < 1.29 is 24.2 Å². The van der Waals surface area contributed by atoms with Crippen molar-refractivity contribution in [1.82, 2.24) is 24.8 Å². The van der Waals surface area contributed by atoms with Gasteiger partial charge in [-0.25, -0.2) is 4.68 Å². The van der Waals surface area contributed by atoms with E-state index < -0.39 is 22.6 Å². The third kappa shape index (κ3) is 3.47. The summed E-state index contributed by atoms with van der Waals surface area (Å²) in [4.78, 5) is 44.4. The highest BCUT2D eigenvalue weighted by Gasteiger charge is 2.70. The number of likely N-dealkylation sites (tertiary alicyclic amines) is 1. The van der Waals surface area contributed by atoms with Gasteiger partial charge in [-0.1, -0.05) is 41.7 Å². The zero-order valence-corrected chi connectivity index (χ0v) is 20.4. The Balaban J connectivity index is 1.39. The van der Waals surface area contributed by atoms with Gasteiger partial charge in [-0.15, -0.1) is 16.9 Å². The number of esters is 1. The molecule has 2 aromatic rings. The lowest BCUT2D eigenvalue weighted by atomic mass is 9.78. The number of aliphatic hydroxyl groups is 1. The number of hydrogen-bond acceptors (Lipinski definition) is 8. The zero-order chi connectivity index (χ0) is 24.9. The number of fused-ring (bicyclic) bond motifs is 3. The SMILES string of the molecule is O=C1OCCC=C[C@@H]2S[C@]34C=CCN(Cn5nnc6ccccc65)C(=O)C3N(CCCO)C(=O)[C@@H]4[C@H]12. The molecular weight excluding hydrogens is 482 g/mol. The minimum atomic E-state index is -0.897. The van der Waals surface area contributed by atoms with Gasteiger partial charge in [-0.05, 0) is 25.0 Å². The van der Waals surface area contributed by atoms with E-state index in [-0.39, 0.29) is 49.5 Å². The van der Waals surface area contributed by atoms with Gasteiger partial charge in [-0.3, -0.25) is 14.4 Å². The Labute approximate surface area is 211 Å². The maximum absolute atomic E-state index is 14.2. The number of hydrogen-bond donors (Lipinski definition) is 1. The molecule has 1 spiro atoms. The van der Waals surface area contributed by atoms with Crippen molar-refractivity contribution in [2.24, 2.45) is 11.8 Å².